The summed E-state index contributed by atoms with van der Waals surface area (Å²) in [7, 11) is 2.02. The quantitative estimate of drug-likeness (QED) is 0.798. The van der Waals surface area contributed by atoms with E-state index in [1.807, 2.05) is 44.3 Å². The third-order valence-electron chi connectivity index (χ3n) is 3.92. The van der Waals surface area contributed by atoms with E-state index in [0.717, 1.165) is 11.4 Å². The van der Waals surface area contributed by atoms with E-state index in [9.17, 15) is 4.79 Å². The number of amides is 1. The molecule has 3 aromatic rings. The van der Waals surface area contributed by atoms with Gasteiger partial charge in [-0.25, -0.2) is 9.50 Å². The molecular weight excluding hydrogens is 304 g/mol. The molecule has 0 saturated heterocycles. The van der Waals surface area contributed by atoms with Crippen molar-refractivity contribution in [2.24, 2.45) is 0 Å². The fourth-order valence-electron chi connectivity index (χ4n) is 2.29. The van der Waals surface area contributed by atoms with E-state index in [-0.39, 0.29) is 11.7 Å². The normalized spacial score (nSPS) is 11.0. The van der Waals surface area contributed by atoms with E-state index in [2.05, 4.69) is 39.1 Å². The monoisotopic (exact) mass is 324 g/mol. The second-order valence-electron chi connectivity index (χ2n) is 5.94. The number of nitrogens with one attached hydrogen (secondary N) is 1. The van der Waals surface area contributed by atoms with E-state index in [0.29, 0.717) is 17.5 Å². The van der Waals surface area contributed by atoms with Gasteiger partial charge in [0.15, 0.2) is 0 Å². The summed E-state index contributed by atoms with van der Waals surface area (Å²) in [6, 6.07) is 9.87. The van der Waals surface area contributed by atoms with Gasteiger partial charge in [-0.05, 0) is 45.0 Å². The minimum Gasteiger partial charge on any atom is -0.372 e. The van der Waals surface area contributed by atoms with E-state index in [1.54, 1.807) is 10.7 Å². The fourth-order valence-corrected chi connectivity index (χ4v) is 2.29. The molecule has 124 valence electrons. The van der Waals surface area contributed by atoms with Crippen molar-refractivity contribution in [1.29, 1.82) is 0 Å². The molecule has 0 unspecified atom stereocenters. The van der Waals surface area contributed by atoms with Gasteiger partial charge in [-0.3, -0.25) is 4.79 Å². The van der Waals surface area contributed by atoms with Crippen LogP contribution in [0.3, 0.4) is 0 Å². The van der Waals surface area contributed by atoms with Gasteiger partial charge in [0.05, 0.1) is 0 Å². The van der Waals surface area contributed by atoms with Crippen LogP contribution in [-0.4, -0.2) is 38.6 Å². The van der Waals surface area contributed by atoms with E-state index in [4.69, 9.17) is 0 Å². The van der Waals surface area contributed by atoms with Gasteiger partial charge in [0.2, 0.25) is 5.82 Å². The number of nitrogens with zero attached hydrogens (tertiary/aromatic N) is 5. The Morgan fingerprint density at radius 3 is 2.79 bits per heavy atom. The molecule has 0 atom stereocenters. The second-order valence-corrected chi connectivity index (χ2v) is 5.94. The Kier molecular flexibility index (Phi) is 4.16. The third kappa shape index (κ3) is 3.05. The van der Waals surface area contributed by atoms with Crippen LogP contribution < -0.4 is 10.2 Å². The lowest BCUT2D eigenvalue weighted by atomic mass is 10.2. The number of aryl methyl sites for hydroxylation is 1. The van der Waals surface area contributed by atoms with Crippen molar-refractivity contribution in [3.63, 3.8) is 0 Å². The first-order valence-corrected chi connectivity index (χ1v) is 7.78. The van der Waals surface area contributed by atoms with Crippen LogP contribution >= 0.6 is 0 Å². The van der Waals surface area contributed by atoms with Gasteiger partial charge in [0.25, 0.3) is 11.7 Å². The summed E-state index contributed by atoms with van der Waals surface area (Å²) in [5, 5.41) is 7.06. The summed E-state index contributed by atoms with van der Waals surface area (Å²) >= 11 is 0. The van der Waals surface area contributed by atoms with Crippen LogP contribution in [0.1, 0.15) is 30.2 Å². The molecule has 0 fully saturated rings. The summed E-state index contributed by atoms with van der Waals surface area (Å²) in [5.41, 5.74) is 2.60. The van der Waals surface area contributed by atoms with Gasteiger partial charge in [-0.1, -0.05) is 6.07 Å². The van der Waals surface area contributed by atoms with Crippen LogP contribution in [0.15, 0.2) is 36.5 Å². The van der Waals surface area contributed by atoms with Crippen molar-refractivity contribution in [3.05, 3.63) is 48.0 Å². The SMILES string of the molecule is Cc1ccnc2nc(C(=O)Nc3cccc(N(C)C(C)C)c3)nn12. The number of carbonyl (C=O) groups is 1. The molecule has 7 nitrogen and oxygen atoms in total. The van der Waals surface area contributed by atoms with Gasteiger partial charge in [0.1, 0.15) is 0 Å². The van der Waals surface area contributed by atoms with Crippen LogP contribution in [0, 0.1) is 6.92 Å². The van der Waals surface area contributed by atoms with E-state index >= 15 is 0 Å². The molecule has 0 aliphatic rings. The molecule has 1 N–H and O–H groups in total. The molecule has 0 saturated carbocycles. The number of fused-ring (bicyclic) bond motifs is 1. The van der Waals surface area contributed by atoms with Gasteiger partial charge < -0.3 is 10.2 Å². The highest BCUT2D eigenvalue weighted by atomic mass is 16.2. The average molecular weight is 324 g/mol. The number of aromatic nitrogens is 4. The van der Waals surface area contributed by atoms with Crippen LogP contribution in [0.4, 0.5) is 11.4 Å². The predicted octanol–water partition coefficient (Wildman–Crippen LogP) is 2.53. The minimum absolute atomic E-state index is 0.0967. The Hall–Kier alpha value is -2.96. The van der Waals surface area contributed by atoms with Crippen molar-refractivity contribution in [2.45, 2.75) is 26.8 Å². The molecule has 0 aliphatic carbocycles. The summed E-state index contributed by atoms with van der Waals surface area (Å²) in [4.78, 5) is 22.8. The van der Waals surface area contributed by atoms with Crippen LogP contribution in [-0.2, 0) is 0 Å². The van der Waals surface area contributed by atoms with Crippen molar-refractivity contribution in [2.75, 3.05) is 17.3 Å². The highest BCUT2D eigenvalue weighted by Gasteiger charge is 2.15. The molecule has 24 heavy (non-hydrogen) atoms. The zero-order valence-corrected chi connectivity index (χ0v) is 14.2. The molecule has 0 aliphatic heterocycles. The summed E-state index contributed by atoms with van der Waals surface area (Å²) < 4.78 is 1.55. The van der Waals surface area contributed by atoms with Crippen LogP contribution in [0.25, 0.3) is 5.78 Å². The Balaban J connectivity index is 1.83. The van der Waals surface area contributed by atoms with Crippen LogP contribution in [0.2, 0.25) is 0 Å². The van der Waals surface area contributed by atoms with Crippen molar-refractivity contribution in [1.82, 2.24) is 19.6 Å². The van der Waals surface area contributed by atoms with Gasteiger partial charge in [0, 0.05) is 36.4 Å². The van der Waals surface area contributed by atoms with Gasteiger partial charge >= 0.3 is 0 Å². The number of carbonyl (C=O) groups excluding carboxylic acids is 1. The summed E-state index contributed by atoms with van der Waals surface area (Å²) in [5.74, 6) is 0.150. The number of hydrogen-bond acceptors (Lipinski definition) is 5. The maximum Gasteiger partial charge on any atom is 0.295 e. The number of benzene rings is 1. The topological polar surface area (TPSA) is 75.4 Å². The second kappa shape index (κ2) is 6.27. The smallest absolute Gasteiger partial charge is 0.295 e. The Morgan fingerprint density at radius 2 is 2.08 bits per heavy atom. The largest absolute Gasteiger partial charge is 0.372 e. The molecule has 1 aromatic carbocycles. The fraction of sp³-hybridized carbons (Fsp3) is 0.294. The lowest BCUT2D eigenvalue weighted by Crippen LogP contribution is -2.25. The number of hydrogen-bond donors (Lipinski definition) is 1. The molecule has 2 heterocycles. The van der Waals surface area contributed by atoms with Crippen molar-refractivity contribution < 1.29 is 4.79 Å². The van der Waals surface area contributed by atoms with Crippen molar-refractivity contribution >= 4 is 23.1 Å². The molecule has 7 heteroatoms. The molecule has 1 amide bonds. The molecular formula is C17H20N6O. The molecule has 0 spiro atoms. The zero-order valence-electron chi connectivity index (χ0n) is 14.2. The maximum absolute atomic E-state index is 12.4. The highest BCUT2D eigenvalue weighted by Crippen LogP contribution is 2.20. The first-order chi connectivity index (χ1) is 11.5. The minimum atomic E-state index is -0.357. The Labute approximate surface area is 140 Å². The standard InChI is InChI=1S/C17H20N6O/c1-11(2)22(4)14-7-5-6-13(10-14)19-16(24)15-20-17-18-9-8-12(3)23(17)21-15/h5-11H,1-4H3,(H,19,24). The third-order valence-corrected chi connectivity index (χ3v) is 3.92. The zero-order chi connectivity index (χ0) is 17.3. The van der Waals surface area contributed by atoms with Crippen molar-refractivity contribution in [3.8, 4) is 0 Å². The van der Waals surface area contributed by atoms with Gasteiger partial charge in [-0.15, -0.1) is 5.10 Å². The maximum atomic E-state index is 12.4. The molecule has 0 radical (unpaired) electrons. The Bertz CT molecular complexity index is 886. The van der Waals surface area contributed by atoms with E-state index < -0.39 is 0 Å². The first kappa shape index (κ1) is 15.9. The molecule has 2 aromatic heterocycles. The highest BCUT2D eigenvalue weighted by molar-refractivity contribution is 6.02. The summed E-state index contributed by atoms with van der Waals surface area (Å²) in [6.07, 6.45) is 1.65. The predicted molar refractivity (Wildman–Crippen MR) is 93.5 cm³/mol. The number of anilines is 2. The van der Waals surface area contributed by atoms with Crippen LogP contribution in [0.5, 0.6) is 0 Å². The molecule has 3 rings (SSSR count). The Morgan fingerprint density at radius 1 is 1.29 bits per heavy atom. The lowest BCUT2D eigenvalue weighted by Gasteiger charge is -2.24. The average Bonchev–Trinajstić information content (AvgIpc) is 3.00. The lowest BCUT2D eigenvalue weighted by molar-refractivity contribution is 0.101. The first-order valence-electron chi connectivity index (χ1n) is 7.78. The number of rotatable bonds is 4. The van der Waals surface area contributed by atoms with Gasteiger partial charge in [-0.2, -0.15) is 4.98 Å². The molecule has 0 bridgehead atoms. The van der Waals surface area contributed by atoms with E-state index in [1.165, 1.54) is 0 Å². The summed E-state index contributed by atoms with van der Waals surface area (Å²) in [6.45, 7) is 6.11.